The number of ether oxygens (including phenoxy) is 1. The van der Waals surface area contributed by atoms with Gasteiger partial charge in [0.15, 0.2) is 0 Å². The van der Waals surface area contributed by atoms with Crippen LogP contribution < -0.4 is 11.1 Å². The van der Waals surface area contributed by atoms with Crippen molar-refractivity contribution in [2.45, 2.75) is 37.9 Å². The van der Waals surface area contributed by atoms with Gasteiger partial charge < -0.3 is 26.0 Å². The second-order valence-electron chi connectivity index (χ2n) is 4.51. The van der Waals surface area contributed by atoms with Gasteiger partial charge in [0.25, 0.3) is 0 Å². The van der Waals surface area contributed by atoms with E-state index in [-0.39, 0.29) is 18.1 Å². The van der Waals surface area contributed by atoms with E-state index in [1.165, 1.54) is 0 Å². The van der Waals surface area contributed by atoms with Crippen molar-refractivity contribution < 1.29 is 24.5 Å². The zero-order valence-corrected chi connectivity index (χ0v) is 10.2. The molecule has 0 aliphatic carbocycles. The van der Waals surface area contributed by atoms with E-state index >= 15 is 0 Å². The number of hydrogen-bond acceptors (Lipinski definition) is 4. The Morgan fingerprint density at radius 1 is 1.11 bits per heavy atom. The lowest BCUT2D eigenvalue weighted by atomic mass is 9.91. The largest absolute Gasteiger partial charge is 0.503 e. The first-order valence-corrected chi connectivity index (χ1v) is 6.08. The molecule has 1 amide bonds. The van der Waals surface area contributed by atoms with Gasteiger partial charge in [-0.25, -0.2) is 4.79 Å². The van der Waals surface area contributed by atoms with Crippen molar-refractivity contribution in [1.82, 2.24) is 5.32 Å². The molecule has 0 radical (unpaired) electrons. The van der Waals surface area contributed by atoms with Crippen molar-refractivity contribution >= 4 is 12.1 Å². The topological polar surface area (TPSA) is 122 Å². The van der Waals surface area contributed by atoms with Gasteiger partial charge in [-0.1, -0.05) is 0 Å². The second-order valence-corrected chi connectivity index (χ2v) is 4.51. The van der Waals surface area contributed by atoms with E-state index in [0.29, 0.717) is 5.92 Å². The molecule has 2 fully saturated rings. The van der Waals surface area contributed by atoms with Gasteiger partial charge in [-0.15, -0.1) is 0 Å². The highest BCUT2D eigenvalue weighted by atomic mass is 16.6. The van der Waals surface area contributed by atoms with Crippen LogP contribution in [0.4, 0.5) is 4.79 Å². The Kier molecular flexibility index (Phi) is 5.87. The summed E-state index contributed by atoms with van der Waals surface area (Å²) in [5.41, 5.74) is 5.21. The van der Waals surface area contributed by atoms with Crippen molar-refractivity contribution in [3.05, 3.63) is 0 Å². The molecule has 7 heteroatoms. The third-order valence-corrected chi connectivity index (χ3v) is 3.28. The summed E-state index contributed by atoms with van der Waals surface area (Å²) in [5.74, 6) is 0.321. The van der Waals surface area contributed by atoms with Crippen LogP contribution >= 0.6 is 0 Å². The molecule has 0 aromatic rings. The van der Waals surface area contributed by atoms with Crippen LogP contribution in [0.1, 0.15) is 25.7 Å². The molecule has 2 atom stereocenters. The molecule has 0 aromatic heterocycles. The molecule has 0 aromatic carbocycles. The quantitative estimate of drug-likeness (QED) is 0.564. The minimum Gasteiger partial charge on any atom is -0.450 e. The van der Waals surface area contributed by atoms with Crippen molar-refractivity contribution in [2.24, 2.45) is 11.7 Å². The molecule has 0 saturated carbocycles. The molecular weight excluding hydrogens is 240 g/mol. The lowest BCUT2D eigenvalue weighted by molar-refractivity contribution is -0.130. The number of nitrogens with one attached hydrogen (secondary N) is 1. The Bertz CT molecular complexity index is 287. The van der Waals surface area contributed by atoms with Crippen molar-refractivity contribution in [3.8, 4) is 0 Å². The molecule has 2 aliphatic heterocycles. The zero-order valence-electron chi connectivity index (χ0n) is 10.2. The Balaban J connectivity index is 0.000000357. The van der Waals surface area contributed by atoms with Gasteiger partial charge in [-0.2, -0.15) is 0 Å². The molecule has 2 saturated heterocycles. The van der Waals surface area contributed by atoms with Crippen LogP contribution in [0.5, 0.6) is 0 Å². The highest BCUT2D eigenvalue weighted by Gasteiger charge is 2.34. The summed E-state index contributed by atoms with van der Waals surface area (Å²) in [4.78, 5) is 19.5. The second kappa shape index (κ2) is 7.17. The number of piperidine rings is 1. The normalized spacial score (nSPS) is 28.2. The molecule has 0 unspecified atom stereocenters. The Hall–Kier alpha value is -1.34. The summed E-state index contributed by atoms with van der Waals surface area (Å²) in [6.07, 6.45) is 2.25. The number of hydrogen-bond donors (Lipinski definition) is 4. The van der Waals surface area contributed by atoms with E-state index in [9.17, 15) is 4.79 Å². The van der Waals surface area contributed by atoms with E-state index in [2.05, 4.69) is 5.32 Å². The maximum atomic E-state index is 10.9. The van der Waals surface area contributed by atoms with Gasteiger partial charge >= 0.3 is 6.16 Å². The monoisotopic (exact) mass is 260 g/mol. The maximum absolute atomic E-state index is 10.9. The third-order valence-electron chi connectivity index (χ3n) is 3.28. The van der Waals surface area contributed by atoms with Gasteiger partial charge in [0, 0.05) is 0 Å². The number of amides is 1. The minimum atomic E-state index is -1.83. The Morgan fingerprint density at radius 2 is 1.67 bits per heavy atom. The molecule has 2 heterocycles. The van der Waals surface area contributed by atoms with Crippen LogP contribution in [-0.2, 0) is 9.53 Å². The maximum Gasteiger partial charge on any atom is 0.503 e. The average Bonchev–Trinajstić information content (AvgIpc) is 2.79. The predicted octanol–water partition coefficient (Wildman–Crippen LogP) is 0.241. The van der Waals surface area contributed by atoms with E-state index in [0.717, 1.165) is 38.8 Å². The summed E-state index contributed by atoms with van der Waals surface area (Å²) in [7, 11) is 0. The van der Waals surface area contributed by atoms with E-state index < -0.39 is 6.16 Å². The molecule has 0 spiro atoms. The number of nitrogens with two attached hydrogens (primary N) is 1. The van der Waals surface area contributed by atoms with Gasteiger partial charge in [0.2, 0.25) is 5.91 Å². The van der Waals surface area contributed by atoms with Crippen LogP contribution in [-0.4, -0.2) is 47.6 Å². The fraction of sp³-hybridized carbons (Fsp3) is 0.818. The third kappa shape index (κ3) is 4.89. The number of carbonyl (C=O) groups is 2. The van der Waals surface area contributed by atoms with E-state index in [4.69, 9.17) is 25.5 Å². The van der Waals surface area contributed by atoms with Gasteiger partial charge in [-0.05, 0) is 44.7 Å². The molecule has 18 heavy (non-hydrogen) atoms. The molecule has 7 nitrogen and oxygen atoms in total. The van der Waals surface area contributed by atoms with Gasteiger partial charge in [0.1, 0.15) is 6.10 Å². The van der Waals surface area contributed by atoms with Crippen molar-refractivity contribution in [1.29, 1.82) is 0 Å². The summed E-state index contributed by atoms with van der Waals surface area (Å²) >= 11 is 0. The summed E-state index contributed by atoms with van der Waals surface area (Å²) < 4.78 is 5.66. The first-order chi connectivity index (χ1) is 8.50. The lowest BCUT2D eigenvalue weighted by Gasteiger charge is -2.27. The molecule has 0 bridgehead atoms. The number of primary amides is 1. The lowest BCUT2D eigenvalue weighted by Crippen LogP contribution is -2.35. The first-order valence-electron chi connectivity index (χ1n) is 6.08. The highest BCUT2D eigenvalue weighted by molar-refractivity contribution is 5.79. The number of carboxylic acid groups (broad SMARTS) is 2. The number of rotatable bonds is 2. The fourth-order valence-electron chi connectivity index (χ4n) is 2.43. The molecule has 2 rings (SSSR count). The summed E-state index contributed by atoms with van der Waals surface area (Å²) in [5, 5.41) is 17.3. The standard InChI is InChI=1S/C10H18N2O2.CH2O3/c11-10(13)9-2-1-8(14-9)7-3-5-12-6-4-7;2-1(3)4/h7-9,12H,1-6H2,(H2,11,13);(H2,2,3,4)/t8-,9+;/m0./s1. The Labute approximate surface area is 105 Å². The van der Waals surface area contributed by atoms with Crippen LogP contribution in [0.15, 0.2) is 0 Å². The van der Waals surface area contributed by atoms with E-state index in [1.54, 1.807) is 0 Å². The average molecular weight is 260 g/mol. The van der Waals surface area contributed by atoms with Crippen LogP contribution in [0.25, 0.3) is 0 Å². The SMILES string of the molecule is NC(=O)[C@H]1CC[C@@H](C2CCNCC2)O1.O=C(O)O. The fourth-order valence-corrected chi connectivity index (χ4v) is 2.43. The molecule has 2 aliphatic rings. The highest BCUT2D eigenvalue weighted by Crippen LogP contribution is 2.29. The molecule has 5 N–H and O–H groups in total. The van der Waals surface area contributed by atoms with Crippen LogP contribution in [0.3, 0.4) is 0 Å². The first kappa shape index (κ1) is 14.7. The smallest absolute Gasteiger partial charge is 0.450 e. The molecule has 104 valence electrons. The summed E-state index contributed by atoms with van der Waals surface area (Å²) in [6.45, 7) is 2.15. The minimum absolute atomic E-state index is 0.273. The van der Waals surface area contributed by atoms with Crippen molar-refractivity contribution in [3.63, 3.8) is 0 Å². The zero-order chi connectivity index (χ0) is 13.5. The predicted molar refractivity (Wildman–Crippen MR) is 63.3 cm³/mol. The summed E-state index contributed by atoms with van der Waals surface area (Å²) in [6, 6.07) is 0. The van der Waals surface area contributed by atoms with E-state index in [1.807, 2.05) is 0 Å². The van der Waals surface area contributed by atoms with Gasteiger partial charge in [-0.3, -0.25) is 4.79 Å². The molecular formula is C11H20N2O5. The van der Waals surface area contributed by atoms with Crippen LogP contribution in [0, 0.1) is 5.92 Å². The van der Waals surface area contributed by atoms with Gasteiger partial charge in [0.05, 0.1) is 6.10 Å². The Morgan fingerprint density at radius 3 is 2.11 bits per heavy atom. The number of carbonyl (C=O) groups excluding carboxylic acids is 1. The van der Waals surface area contributed by atoms with Crippen LogP contribution in [0.2, 0.25) is 0 Å². The van der Waals surface area contributed by atoms with Crippen molar-refractivity contribution in [2.75, 3.05) is 13.1 Å².